The van der Waals surface area contributed by atoms with Gasteiger partial charge in [-0.3, -0.25) is 9.10 Å². The molecule has 3 aromatic carbocycles. The highest BCUT2D eigenvalue weighted by Crippen LogP contribution is 2.22. The van der Waals surface area contributed by atoms with Crippen LogP contribution in [0.15, 0.2) is 72.8 Å². The van der Waals surface area contributed by atoms with Crippen molar-refractivity contribution in [3.8, 4) is 0 Å². The van der Waals surface area contributed by atoms with Crippen molar-refractivity contribution in [3.05, 3.63) is 95.1 Å². The molecule has 6 nitrogen and oxygen atoms in total. The molecular weight excluding hydrogens is 424 g/mol. The van der Waals surface area contributed by atoms with Gasteiger partial charge >= 0.3 is 0 Å². The second-order valence-corrected chi connectivity index (χ2v) is 9.48. The lowest BCUT2D eigenvalue weighted by Gasteiger charge is -2.23. The van der Waals surface area contributed by atoms with Gasteiger partial charge in [0.1, 0.15) is 0 Å². The van der Waals surface area contributed by atoms with Crippen molar-refractivity contribution in [2.75, 3.05) is 23.0 Å². The van der Waals surface area contributed by atoms with Crippen LogP contribution in [0.1, 0.15) is 34.0 Å². The van der Waals surface area contributed by atoms with Gasteiger partial charge in [-0.1, -0.05) is 43.3 Å². The van der Waals surface area contributed by atoms with E-state index in [2.05, 4.69) is 12.2 Å². The van der Waals surface area contributed by atoms with Crippen molar-refractivity contribution < 1.29 is 17.9 Å². The number of hydrogen-bond donors (Lipinski definition) is 1. The number of benzene rings is 3. The summed E-state index contributed by atoms with van der Waals surface area (Å²) in [6, 6.07) is 21.9. The van der Waals surface area contributed by atoms with E-state index in [9.17, 15) is 13.2 Å². The number of anilines is 2. The number of carbonyl (C=O) groups excluding carboxylic acids is 1. The quantitative estimate of drug-likeness (QED) is 0.514. The Morgan fingerprint density at radius 3 is 2.19 bits per heavy atom. The van der Waals surface area contributed by atoms with Crippen molar-refractivity contribution in [2.45, 2.75) is 26.5 Å². The SMILES string of the molecule is CCc1ccc(N(Cc2ccc(C(=O)Nc3cccc(COC)c3)cc2)S(C)(=O)=O)cc1. The Morgan fingerprint density at radius 2 is 1.59 bits per heavy atom. The van der Waals surface area contributed by atoms with Gasteiger partial charge in [-0.15, -0.1) is 0 Å². The van der Waals surface area contributed by atoms with Crippen LogP contribution in [-0.2, 0) is 34.3 Å². The zero-order valence-electron chi connectivity index (χ0n) is 18.5. The number of nitrogens with one attached hydrogen (secondary N) is 1. The van der Waals surface area contributed by atoms with E-state index in [1.54, 1.807) is 31.4 Å². The molecule has 0 bridgehead atoms. The molecule has 0 saturated carbocycles. The largest absolute Gasteiger partial charge is 0.380 e. The molecule has 0 aliphatic rings. The van der Waals surface area contributed by atoms with E-state index in [1.165, 1.54) is 10.6 Å². The Hall–Kier alpha value is -3.16. The van der Waals surface area contributed by atoms with Crippen molar-refractivity contribution in [1.29, 1.82) is 0 Å². The number of ether oxygens (including phenoxy) is 1. The molecule has 0 saturated heterocycles. The van der Waals surface area contributed by atoms with Gasteiger partial charge in [0, 0.05) is 18.4 Å². The Labute approximate surface area is 189 Å². The van der Waals surface area contributed by atoms with Gasteiger partial charge in [-0.25, -0.2) is 8.42 Å². The molecule has 1 N–H and O–H groups in total. The first-order valence-corrected chi connectivity index (χ1v) is 12.2. The Balaban J connectivity index is 1.73. The van der Waals surface area contributed by atoms with Gasteiger partial charge in [0.15, 0.2) is 0 Å². The first-order valence-electron chi connectivity index (χ1n) is 10.3. The monoisotopic (exact) mass is 452 g/mol. The van der Waals surface area contributed by atoms with Crippen LogP contribution in [0.3, 0.4) is 0 Å². The normalized spacial score (nSPS) is 11.2. The third kappa shape index (κ3) is 6.18. The minimum Gasteiger partial charge on any atom is -0.380 e. The van der Waals surface area contributed by atoms with Gasteiger partial charge in [-0.2, -0.15) is 0 Å². The zero-order chi connectivity index (χ0) is 23.1. The predicted octanol–water partition coefficient (Wildman–Crippen LogP) is 4.61. The van der Waals surface area contributed by atoms with E-state index in [4.69, 9.17) is 4.74 Å². The smallest absolute Gasteiger partial charge is 0.255 e. The van der Waals surface area contributed by atoms with E-state index in [-0.39, 0.29) is 12.5 Å². The number of methoxy groups -OCH3 is 1. The molecule has 0 unspecified atom stereocenters. The average Bonchev–Trinajstić information content (AvgIpc) is 2.78. The molecule has 0 heterocycles. The highest BCUT2D eigenvalue weighted by atomic mass is 32.2. The summed E-state index contributed by atoms with van der Waals surface area (Å²) in [5.74, 6) is -0.235. The van der Waals surface area contributed by atoms with Gasteiger partial charge in [0.2, 0.25) is 10.0 Å². The molecule has 3 aromatic rings. The molecule has 3 rings (SSSR count). The molecule has 7 heteroatoms. The highest BCUT2D eigenvalue weighted by molar-refractivity contribution is 7.92. The number of amides is 1. The molecule has 0 aliphatic heterocycles. The molecule has 0 atom stereocenters. The third-order valence-corrected chi connectivity index (χ3v) is 6.21. The van der Waals surface area contributed by atoms with E-state index >= 15 is 0 Å². The number of rotatable bonds is 9. The van der Waals surface area contributed by atoms with Crippen LogP contribution in [0, 0.1) is 0 Å². The van der Waals surface area contributed by atoms with E-state index in [0.717, 1.165) is 23.1 Å². The summed E-state index contributed by atoms with van der Waals surface area (Å²) in [4.78, 5) is 12.6. The molecule has 32 heavy (non-hydrogen) atoms. The van der Waals surface area contributed by atoms with E-state index in [0.29, 0.717) is 23.5 Å². The van der Waals surface area contributed by atoms with E-state index < -0.39 is 10.0 Å². The summed E-state index contributed by atoms with van der Waals surface area (Å²) in [5, 5.41) is 2.88. The second-order valence-electron chi connectivity index (χ2n) is 7.57. The summed E-state index contributed by atoms with van der Waals surface area (Å²) in [7, 11) is -1.84. The second kappa shape index (κ2) is 10.4. The lowest BCUT2D eigenvalue weighted by atomic mass is 10.1. The van der Waals surface area contributed by atoms with Crippen LogP contribution < -0.4 is 9.62 Å². The molecule has 0 radical (unpaired) electrons. The Morgan fingerprint density at radius 1 is 0.938 bits per heavy atom. The predicted molar refractivity (Wildman–Crippen MR) is 128 cm³/mol. The van der Waals surface area contributed by atoms with Crippen molar-refractivity contribution in [2.24, 2.45) is 0 Å². The topological polar surface area (TPSA) is 75.7 Å². The lowest BCUT2D eigenvalue weighted by Crippen LogP contribution is -2.29. The van der Waals surface area contributed by atoms with Crippen molar-refractivity contribution in [3.63, 3.8) is 0 Å². The first kappa shape index (κ1) is 23.5. The summed E-state index contributed by atoms with van der Waals surface area (Å²) in [6.07, 6.45) is 2.08. The maximum absolute atomic E-state index is 12.6. The van der Waals surface area contributed by atoms with Crippen molar-refractivity contribution >= 4 is 27.3 Å². The number of aryl methyl sites for hydroxylation is 1. The maximum atomic E-state index is 12.6. The number of hydrogen-bond acceptors (Lipinski definition) is 4. The maximum Gasteiger partial charge on any atom is 0.255 e. The van der Waals surface area contributed by atoms with Crippen LogP contribution in [0.25, 0.3) is 0 Å². The number of nitrogens with zero attached hydrogens (tertiary/aromatic N) is 1. The van der Waals surface area contributed by atoms with Crippen LogP contribution >= 0.6 is 0 Å². The molecule has 0 fully saturated rings. The van der Waals surface area contributed by atoms with Gasteiger partial charge in [0.25, 0.3) is 5.91 Å². The van der Waals surface area contributed by atoms with Crippen molar-refractivity contribution in [1.82, 2.24) is 0 Å². The molecular formula is C25H28N2O4S. The van der Waals surface area contributed by atoms with Crippen LogP contribution in [-0.4, -0.2) is 27.7 Å². The van der Waals surface area contributed by atoms with Gasteiger partial charge in [-0.05, 0) is 59.5 Å². The number of carbonyl (C=O) groups is 1. The molecule has 0 spiro atoms. The fraction of sp³-hybridized carbons (Fsp3) is 0.240. The summed E-state index contributed by atoms with van der Waals surface area (Å²) >= 11 is 0. The Bertz CT molecular complexity index is 1160. The van der Waals surface area contributed by atoms with E-state index in [1.807, 2.05) is 48.5 Å². The molecule has 0 aliphatic carbocycles. The molecule has 1 amide bonds. The lowest BCUT2D eigenvalue weighted by molar-refractivity contribution is 0.102. The fourth-order valence-corrected chi connectivity index (χ4v) is 4.22. The molecule has 168 valence electrons. The molecule has 0 aromatic heterocycles. The van der Waals surface area contributed by atoms with Crippen LogP contribution in [0.5, 0.6) is 0 Å². The minimum atomic E-state index is -3.47. The third-order valence-electron chi connectivity index (χ3n) is 5.07. The summed E-state index contributed by atoms with van der Waals surface area (Å²) in [5.41, 5.74) is 4.69. The Kier molecular flexibility index (Phi) is 7.66. The summed E-state index contributed by atoms with van der Waals surface area (Å²) in [6.45, 7) is 2.71. The average molecular weight is 453 g/mol. The van der Waals surface area contributed by atoms with Gasteiger partial charge in [0.05, 0.1) is 25.1 Å². The van der Waals surface area contributed by atoms with Crippen LogP contribution in [0.4, 0.5) is 11.4 Å². The number of sulfonamides is 1. The zero-order valence-corrected chi connectivity index (χ0v) is 19.4. The van der Waals surface area contributed by atoms with Gasteiger partial charge < -0.3 is 10.1 Å². The van der Waals surface area contributed by atoms with Crippen LogP contribution in [0.2, 0.25) is 0 Å². The first-order chi connectivity index (χ1) is 15.3. The highest BCUT2D eigenvalue weighted by Gasteiger charge is 2.18. The summed E-state index contributed by atoms with van der Waals surface area (Å²) < 4.78 is 31.3. The fourth-order valence-electron chi connectivity index (χ4n) is 3.33. The standard InChI is InChI=1S/C25H28N2O4S/c1-4-19-10-14-24(15-11-19)27(32(3,29)30)17-20-8-12-22(13-9-20)25(28)26-23-7-5-6-21(16-23)18-31-2/h5-16H,4,17-18H2,1-3H3,(H,26,28). The minimum absolute atomic E-state index is 0.186.